The fourth-order valence-corrected chi connectivity index (χ4v) is 3.68. The minimum Gasteiger partial charge on any atom is -0.475 e. The number of fused-ring (bicyclic) bond motifs is 1. The van der Waals surface area contributed by atoms with Crippen molar-refractivity contribution in [1.82, 2.24) is 19.9 Å². The molecule has 4 heterocycles. The van der Waals surface area contributed by atoms with Gasteiger partial charge < -0.3 is 14.9 Å². The van der Waals surface area contributed by atoms with Gasteiger partial charge in [0, 0.05) is 43.6 Å². The van der Waals surface area contributed by atoms with Crippen molar-refractivity contribution in [3.8, 4) is 0 Å². The molecule has 0 unspecified atom stereocenters. The molecule has 0 aromatic carbocycles. The standard InChI is InChI=1S/C18H21N5O.C2HF3O2/c1-12-6-19-18(20-7-12)23-9-14-8-22(17(24)16(14)11-23)10-15-5-3-4-13(2)21-15;3-2(4,5)1(6)7/h3-7,14,16H,8-11H2,1-2H3;(H,6,7)/t14-,16+;/m1./s1. The van der Waals surface area contributed by atoms with E-state index in [9.17, 15) is 18.0 Å². The van der Waals surface area contributed by atoms with Crippen molar-refractivity contribution in [2.24, 2.45) is 11.8 Å². The van der Waals surface area contributed by atoms with Gasteiger partial charge in [0.15, 0.2) is 0 Å². The number of likely N-dealkylation sites (tertiary alicyclic amines) is 1. The first kappa shape index (κ1) is 22.4. The van der Waals surface area contributed by atoms with Crippen LogP contribution in [-0.2, 0) is 16.1 Å². The van der Waals surface area contributed by atoms with Gasteiger partial charge in [0.2, 0.25) is 11.9 Å². The highest BCUT2D eigenvalue weighted by molar-refractivity contribution is 5.83. The number of pyridine rings is 1. The lowest BCUT2D eigenvalue weighted by molar-refractivity contribution is -0.192. The highest BCUT2D eigenvalue weighted by atomic mass is 19.4. The van der Waals surface area contributed by atoms with E-state index in [2.05, 4.69) is 19.9 Å². The molecule has 2 aromatic rings. The van der Waals surface area contributed by atoms with Crippen molar-refractivity contribution in [3.63, 3.8) is 0 Å². The van der Waals surface area contributed by atoms with E-state index in [0.29, 0.717) is 19.0 Å². The Morgan fingerprint density at radius 2 is 1.81 bits per heavy atom. The molecule has 0 spiro atoms. The lowest BCUT2D eigenvalue weighted by Crippen LogP contribution is -2.33. The maximum absolute atomic E-state index is 12.7. The fraction of sp³-hybridized carbons (Fsp3) is 0.450. The van der Waals surface area contributed by atoms with Crippen LogP contribution in [-0.4, -0.2) is 62.6 Å². The number of carboxylic acids is 1. The number of rotatable bonds is 3. The quantitative estimate of drug-likeness (QED) is 0.786. The number of hydrogen-bond donors (Lipinski definition) is 1. The normalized spacial score (nSPS) is 20.4. The van der Waals surface area contributed by atoms with Crippen LogP contribution in [0.25, 0.3) is 0 Å². The number of aryl methyl sites for hydroxylation is 2. The second-order valence-electron chi connectivity index (χ2n) is 7.62. The van der Waals surface area contributed by atoms with Crippen LogP contribution in [0.15, 0.2) is 30.6 Å². The topological polar surface area (TPSA) is 99.5 Å². The predicted octanol–water partition coefficient (Wildman–Crippen LogP) is 2.22. The first-order valence-electron chi connectivity index (χ1n) is 9.59. The largest absolute Gasteiger partial charge is 0.490 e. The Labute approximate surface area is 176 Å². The van der Waals surface area contributed by atoms with E-state index < -0.39 is 12.1 Å². The zero-order chi connectivity index (χ0) is 22.8. The van der Waals surface area contributed by atoms with E-state index in [0.717, 1.165) is 36.0 Å². The molecule has 4 rings (SSSR count). The Balaban J connectivity index is 0.000000339. The number of nitrogens with zero attached hydrogens (tertiary/aromatic N) is 5. The smallest absolute Gasteiger partial charge is 0.475 e. The monoisotopic (exact) mass is 437 g/mol. The molecule has 166 valence electrons. The summed E-state index contributed by atoms with van der Waals surface area (Å²) < 4.78 is 31.7. The Morgan fingerprint density at radius 3 is 2.35 bits per heavy atom. The molecule has 1 amide bonds. The highest BCUT2D eigenvalue weighted by Crippen LogP contribution is 2.34. The molecule has 2 atom stereocenters. The third kappa shape index (κ3) is 5.47. The number of aliphatic carboxylic acids is 1. The summed E-state index contributed by atoms with van der Waals surface area (Å²) in [7, 11) is 0. The van der Waals surface area contributed by atoms with Crippen molar-refractivity contribution in [2.75, 3.05) is 24.5 Å². The summed E-state index contributed by atoms with van der Waals surface area (Å²) in [5.74, 6) is -1.38. The summed E-state index contributed by atoms with van der Waals surface area (Å²) >= 11 is 0. The van der Waals surface area contributed by atoms with Gasteiger partial charge in [0.05, 0.1) is 18.2 Å². The molecular formula is C20H22F3N5O3. The Bertz CT molecular complexity index is 952. The number of alkyl halides is 3. The average molecular weight is 437 g/mol. The first-order valence-corrected chi connectivity index (χ1v) is 9.59. The molecule has 2 aliphatic rings. The van der Waals surface area contributed by atoms with Crippen LogP contribution in [0.5, 0.6) is 0 Å². The number of aromatic nitrogens is 3. The first-order chi connectivity index (χ1) is 14.5. The molecule has 2 aliphatic heterocycles. The lowest BCUT2D eigenvalue weighted by Gasteiger charge is -2.21. The number of anilines is 1. The van der Waals surface area contributed by atoms with Gasteiger partial charge in [0.25, 0.3) is 0 Å². The van der Waals surface area contributed by atoms with E-state index >= 15 is 0 Å². The molecule has 1 N–H and O–H groups in total. The van der Waals surface area contributed by atoms with Gasteiger partial charge in [-0.2, -0.15) is 13.2 Å². The number of carbonyl (C=O) groups excluding carboxylic acids is 1. The third-order valence-electron chi connectivity index (χ3n) is 5.12. The van der Waals surface area contributed by atoms with Gasteiger partial charge >= 0.3 is 12.1 Å². The number of hydrogen-bond acceptors (Lipinski definition) is 6. The molecule has 0 aliphatic carbocycles. The van der Waals surface area contributed by atoms with Crippen molar-refractivity contribution >= 4 is 17.8 Å². The highest BCUT2D eigenvalue weighted by Gasteiger charge is 2.46. The number of carboxylic acid groups (broad SMARTS) is 1. The molecular weight excluding hydrogens is 415 g/mol. The SMILES string of the molecule is Cc1cnc(N2C[C@H]3CN(Cc4cccc(C)n4)C(=O)[C@H]3C2)nc1.O=C(O)C(F)(F)F. The molecule has 8 nitrogen and oxygen atoms in total. The Hall–Kier alpha value is -3.24. The van der Waals surface area contributed by atoms with E-state index in [-0.39, 0.29) is 11.8 Å². The number of halogens is 3. The van der Waals surface area contributed by atoms with Crippen LogP contribution in [0.1, 0.15) is 17.0 Å². The van der Waals surface area contributed by atoms with Gasteiger partial charge in [-0.25, -0.2) is 14.8 Å². The van der Waals surface area contributed by atoms with Gasteiger partial charge in [-0.05, 0) is 31.5 Å². The van der Waals surface area contributed by atoms with Crippen molar-refractivity contribution in [3.05, 3.63) is 47.5 Å². The molecule has 2 aromatic heterocycles. The van der Waals surface area contributed by atoms with Crippen molar-refractivity contribution in [2.45, 2.75) is 26.6 Å². The van der Waals surface area contributed by atoms with Crippen molar-refractivity contribution < 1.29 is 27.9 Å². The maximum atomic E-state index is 12.7. The van der Waals surface area contributed by atoms with Crippen LogP contribution < -0.4 is 4.90 Å². The van der Waals surface area contributed by atoms with Crippen LogP contribution in [0.4, 0.5) is 19.1 Å². The van der Waals surface area contributed by atoms with Crippen LogP contribution in [0, 0.1) is 25.7 Å². The molecule has 0 bridgehead atoms. The van der Waals surface area contributed by atoms with Crippen LogP contribution in [0.3, 0.4) is 0 Å². The Morgan fingerprint density at radius 1 is 1.16 bits per heavy atom. The molecule has 0 saturated carbocycles. The molecule has 2 saturated heterocycles. The fourth-order valence-electron chi connectivity index (χ4n) is 3.68. The third-order valence-corrected chi connectivity index (χ3v) is 5.12. The summed E-state index contributed by atoms with van der Waals surface area (Å²) in [4.78, 5) is 39.0. The second-order valence-corrected chi connectivity index (χ2v) is 7.62. The van der Waals surface area contributed by atoms with E-state index in [1.54, 1.807) is 0 Å². The second kappa shape index (κ2) is 8.86. The molecule has 31 heavy (non-hydrogen) atoms. The van der Waals surface area contributed by atoms with Crippen LogP contribution >= 0.6 is 0 Å². The van der Waals surface area contributed by atoms with Gasteiger partial charge in [-0.15, -0.1) is 0 Å². The summed E-state index contributed by atoms with van der Waals surface area (Å²) in [6.45, 7) is 6.91. The number of amides is 1. The zero-order valence-electron chi connectivity index (χ0n) is 17.0. The van der Waals surface area contributed by atoms with Gasteiger partial charge in [-0.1, -0.05) is 6.07 Å². The predicted molar refractivity (Wildman–Crippen MR) is 104 cm³/mol. The van der Waals surface area contributed by atoms with Gasteiger partial charge in [-0.3, -0.25) is 9.78 Å². The molecule has 11 heteroatoms. The van der Waals surface area contributed by atoms with E-state index in [1.165, 1.54) is 0 Å². The summed E-state index contributed by atoms with van der Waals surface area (Å²) in [6, 6.07) is 5.96. The minimum atomic E-state index is -5.08. The lowest BCUT2D eigenvalue weighted by atomic mass is 10.0. The molecule has 0 radical (unpaired) electrons. The minimum absolute atomic E-state index is 0.0553. The maximum Gasteiger partial charge on any atom is 0.490 e. The summed E-state index contributed by atoms with van der Waals surface area (Å²) in [6.07, 6.45) is -1.43. The van der Waals surface area contributed by atoms with E-state index in [1.807, 2.05) is 49.3 Å². The average Bonchev–Trinajstić information content (AvgIpc) is 3.22. The van der Waals surface area contributed by atoms with Gasteiger partial charge in [0.1, 0.15) is 0 Å². The molecule has 2 fully saturated rings. The van der Waals surface area contributed by atoms with Crippen LogP contribution in [0.2, 0.25) is 0 Å². The number of carbonyl (C=O) groups is 2. The van der Waals surface area contributed by atoms with E-state index in [4.69, 9.17) is 9.90 Å². The van der Waals surface area contributed by atoms with Crippen molar-refractivity contribution in [1.29, 1.82) is 0 Å². The zero-order valence-corrected chi connectivity index (χ0v) is 17.0. The summed E-state index contributed by atoms with van der Waals surface area (Å²) in [5.41, 5.74) is 3.00. The summed E-state index contributed by atoms with van der Waals surface area (Å²) in [5, 5.41) is 7.12. The Kier molecular flexibility index (Phi) is 6.42.